The average molecular weight is 316 g/mol. The largest absolute Gasteiger partial charge is 0.462 e. The van der Waals surface area contributed by atoms with Crippen molar-refractivity contribution in [2.24, 2.45) is 0 Å². The Labute approximate surface area is 131 Å². The summed E-state index contributed by atoms with van der Waals surface area (Å²) in [5.74, 6) is 0.450. The first-order valence-corrected chi connectivity index (χ1v) is 7.38. The zero-order valence-electron chi connectivity index (χ0n) is 12.1. The molecule has 2 heterocycles. The zero-order chi connectivity index (χ0) is 16.0. The molecule has 6 heteroatoms. The van der Waals surface area contributed by atoms with Crippen molar-refractivity contribution < 1.29 is 29.2 Å². The van der Waals surface area contributed by atoms with Crippen molar-refractivity contribution in [1.82, 2.24) is 0 Å². The second-order valence-electron chi connectivity index (χ2n) is 5.58. The maximum Gasteiger partial charge on any atom is 0.229 e. The Kier molecular flexibility index (Phi) is 3.46. The standard InChI is InChI=1S/C17H16O6/c18-8-14-15(19)16(20)17(23-14)21-9-5-6-11-10-3-1-2-4-12(10)22-13(11)7-9/h1-7,14-20H,8H2/t14-,15-,16-,17-/m1/s1. The first kappa shape index (κ1) is 14.5. The number of rotatable bonds is 3. The van der Waals surface area contributed by atoms with Gasteiger partial charge in [0.1, 0.15) is 35.2 Å². The second-order valence-corrected chi connectivity index (χ2v) is 5.58. The van der Waals surface area contributed by atoms with E-state index in [2.05, 4.69) is 0 Å². The Balaban J connectivity index is 1.64. The highest BCUT2D eigenvalue weighted by Crippen LogP contribution is 2.32. The van der Waals surface area contributed by atoms with E-state index in [4.69, 9.17) is 19.0 Å². The molecule has 6 nitrogen and oxygen atoms in total. The minimum absolute atomic E-state index is 0.388. The summed E-state index contributed by atoms with van der Waals surface area (Å²) < 4.78 is 16.7. The van der Waals surface area contributed by atoms with Crippen molar-refractivity contribution in [1.29, 1.82) is 0 Å². The highest BCUT2D eigenvalue weighted by Gasteiger charge is 2.43. The van der Waals surface area contributed by atoms with Gasteiger partial charge >= 0.3 is 0 Å². The van der Waals surface area contributed by atoms with Crippen LogP contribution < -0.4 is 4.74 Å². The first-order valence-electron chi connectivity index (χ1n) is 7.38. The summed E-state index contributed by atoms with van der Waals surface area (Å²) >= 11 is 0. The number of aliphatic hydroxyl groups is 3. The fourth-order valence-electron chi connectivity index (χ4n) is 2.88. The van der Waals surface area contributed by atoms with E-state index >= 15 is 0 Å². The topological polar surface area (TPSA) is 92.3 Å². The molecule has 23 heavy (non-hydrogen) atoms. The molecule has 0 aliphatic carbocycles. The van der Waals surface area contributed by atoms with Crippen molar-refractivity contribution in [3.05, 3.63) is 42.5 Å². The van der Waals surface area contributed by atoms with Crippen LogP contribution in [-0.2, 0) is 4.74 Å². The summed E-state index contributed by atoms with van der Waals surface area (Å²) in [5.41, 5.74) is 1.45. The van der Waals surface area contributed by atoms with Gasteiger partial charge < -0.3 is 29.2 Å². The van der Waals surface area contributed by atoms with Crippen LogP contribution in [0.15, 0.2) is 46.9 Å². The van der Waals surface area contributed by atoms with E-state index in [1.54, 1.807) is 12.1 Å². The monoisotopic (exact) mass is 316 g/mol. The molecule has 4 atom stereocenters. The van der Waals surface area contributed by atoms with E-state index in [1.165, 1.54) is 0 Å². The van der Waals surface area contributed by atoms with Gasteiger partial charge in [-0.15, -0.1) is 0 Å². The number of hydrogen-bond acceptors (Lipinski definition) is 6. The Morgan fingerprint density at radius 1 is 0.957 bits per heavy atom. The minimum Gasteiger partial charge on any atom is -0.462 e. The van der Waals surface area contributed by atoms with Crippen LogP contribution in [0, 0.1) is 0 Å². The highest BCUT2D eigenvalue weighted by molar-refractivity contribution is 6.05. The molecule has 0 saturated carbocycles. The predicted molar refractivity (Wildman–Crippen MR) is 82.1 cm³/mol. The van der Waals surface area contributed by atoms with E-state index < -0.39 is 24.6 Å². The van der Waals surface area contributed by atoms with Gasteiger partial charge in [-0.1, -0.05) is 18.2 Å². The molecule has 3 N–H and O–H groups in total. The quantitative estimate of drug-likeness (QED) is 0.676. The summed E-state index contributed by atoms with van der Waals surface area (Å²) in [5, 5.41) is 30.7. The summed E-state index contributed by atoms with van der Waals surface area (Å²) in [6.45, 7) is -0.388. The van der Waals surface area contributed by atoms with Crippen LogP contribution in [0.4, 0.5) is 0 Å². The molecule has 0 spiro atoms. The van der Waals surface area contributed by atoms with Crippen molar-refractivity contribution in [2.75, 3.05) is 6.61 Å². The SMILES string of the molecule is OC[C@H]1O[C@@H](Oc2ccc3c(c2)oc2ccccc23)[C@H](O)[C@@H]1O. The summed E-state index contributed by atoms with van der Waals surface area (Å²) in [6, 6.07) is 13.1. The number of aliphatic hydroxyl groups excluding tert-OH is 3. The molecule has 1 saturated heterocycles. The lowest BCUT2D eigenvalue weighted by molar-refractivity contribution is -0.116. The molecule has 0 unspecified atom stereocenters. The number of para-hydroxylation sites is 1. The second kappa shape index (κ2) is 5.50. The molecule has 4 rings (SSSR count). The van der Waals surface area contributed by atoms with Gasteiger partial charge in [-0.2, -0.15) is 0 Å². The van der Waals surface area contributed by atoms with Gasteiger partial charge in [-0.05, 0) is 18.2 Å². The van der Waals surface area contributed by atoms with Gasteiger partial charge in [0.05, 0.1) is 6.61 Å². The van der Waals surface area contributed by atoms with Crippen LogP contribution in [0.5, 0.6) is 5.75 Å². The third-order valence-corrected chi connectivity index (χ3v) is 4.10. The molecule has 1 fully saturated rings. The number of benzene rings is 2. The fraction of sp³-hybridized carbons (Fsp3) is 0.294. The number of ether oxygens (including phenoxy) is 2. The molecule has 1 aromatic heterocycles. The molecule has 3 aromatic rings. The first-order chi connectivity index (χ1) is 11.2. The molecular formula is C17H16O6. The Morgan fingerprint density at radius 2 is 1.74 bits per heavy atom. The van der Waals surface area contributed by atoms with Crippen molar-refractivity contribution in [3.8, 4) is 5.75 Å². The van der Waals surface area contributed by atoms with Crippen LogP contribution >= 0.6 is 0 Å². The molecule has 1 aliphatic heterocycles. The van der Waals surface area contributed by atoms with E-state index in [0.717, 1.165) is 16.4 Å². The minimum atomic E-state index is -1.22. The maximum absolute atomic E-state index is 9.91. The fourth-order valence-corrected chi connectivity index (χ4v) is 2.88. The lowest BCUT2D eigenvalue weighted by Gasteiger charge is -2.16. The molecule has 0 amide bonds. The van der Waals surface area contributed by atoms with E-state index in [9.17, 15) is 10.2 Å². The molecule has 1 aliphatic rings. The normalized spacial score (nSPS) is 27.8. The van der Waals surface area contributed by atoms with Crippen LogP contribution in [0.2, 0.25) is 0 Å². The summed E-state index contributed by atoms with van der Waals surface area (Å²) in [7, 11) is 0. The molecule has 0 bridgehead atoms. The third-order valence-electron chi connectivity index (χ3n) is 4.10. The Bertz CT molecular complexity index is 841. The number of fused-ring (bicyclic) bond motifs is 3. The van der Waals surface area contributed by atoms with E-state index in [1.807, 2.05) is 30.3 Å². The van der Waals surface area contributed by atoms with Gasteiger partial charge in [0.25, 0.3) is 0 Å². The van der Waals surface area contributed by atoms with Crippen LogP contribution in [0.1, 0.15) is 0 Å². The van der Waals surface area contributed by atoms with E-state index in [-0.39, 0.29) is 6.61 Å². The molecule has 120 valence electrons. The summed E-state index contributed by atoms with van der Waals surface area (Å²) in [4.78, 5) is 0. The zero-order valence-corrected chi connectivity index (χ0v) is 12.1. The lowest BCUT2D eigenvalue weighted by atomic mass is 10.1. The highest BCUT2D eigenvalue weighted by atomic mass is 16.7. The third kappa shape index (κ3) is 2.36. The Hall–Kier alpha value is -2.12. The molecular weight excluding hydrogens is 300 g/mol. The van der Waals surface area contributed by atoms with Gasteiger partial charge in [0, 0.05) is 16.8 Å². The van der Waals surface area contributed by atoms with Crippen LogP contribution in [-0.4, -0.2) is 46.5 Å². The summed E-state index contributed by atoms with van der Waals surface area (Å²) in [6.07, 6.45) is -4.30. The van der Waals surface area contributed by atoms with Crippen LogP contribution in [0.25, 0.3) is 21.9 Å². The average Bonchev–Trinajstić information content (AvgIpc) is 3.06. The van der Waals surface area contributed by atoms with Crippen molar-refractivity contribution in [3.63, 3.8) is 0 Å². The van der Waals surface area contributed by atoms with Crippen LogP contribution in [0.3, 0.4) is 0 Å². The Morgan fingerprint density at radius 3 is 2.52 bits per heavy atom. The van der Waals surface area contributed by atoms with Gasteiger partial charge in [0.15, 0.2) is 0 Å². The molecule has 0 radical (unpaired) electrons. The maximum atomic E-state index is 9.91. The predicted octanol–water partition coefficient (Wildman–Crippen LogP) is 1.40. The van der Waals surface area contributed by atoms with Gasteiger partial charge in [0.2, 0.25) is 6.29 Å². The van der Waals surface area contributed by atoms with E-state index in [0.29, 0.717) is 11.3 Å². The van der Waals surface area contributed by atoms with Crippen molar-refractivity contribution >= 4 is 21.9 Å². The van der Waals surface area contributed by atoms with Gasteiger partial charge in [-0.3, -0.25) is 0 Å². The number of hydrogen-bond donors (Lipinski definition) is 3. The smallest absolute Gasteiger partial charge is 0.229 e. The van der Waals surface area contributed by atoms with Gasteiger partial charge in [-0.25, -0.2) is 0 Å². The molecule has 2 aromatic carbocycles. The number of furan rings is 1. The van der Waals surface area contributed by atoms with Crippen molar-refractivity contribution in [2.45, 2.75) is 24.6 Å². The lowest BCUT2D eigenvalue weighted by Crippen LogP contribution is -2.35.